The largest absolute Gasteiger partial charge is 0.501 e. The summed E-state index contributed by atoms with van der Waals surface area (Å²) in [6, 6.07) is 1.83. The lowest BCUT2D eigenvalue weighted by atomic mass is 10.4. The highest BCUT2D eigenvalue weighted by Gasteiger charge is 2.00. The Balaban J connectivity index is -0.0000000704. The van der Waals surface area contributed by atoms with Crippen molar-refractivity contribution < 1.29 is 27.0 Å². The van der Waals surface area contributed by atoms with Crippen LogP contribution < -0.4 is 5.76 Å². The molecule has 0 saturated carbocycles. The molecular weight excluding hydrogens is 1070 g/mol. The predicted molar refractivity (Wildman–Crippen MR) is 351 cm³/mol. The Bertz CT molecular complexity index is 1670. The third-order valence-corrected chi connectivity index (χ3v) is 7.54. The molecule has 20 heteroatoms. The average Bonchev–Trinajstić information content (AvgIpc) is 4.39. The van der Waals surface area contributed by atoms with Gasteiger partial charge in [-0.25, -0.2) is 18.2 Å². The number of thiazole rings is 1. The van der Waals surface area contributed by atoms with Gasteiger partial charge < -0.3 is 23.6 Å². The predicted octanol–water partition coefficient (Wildman–Crippen LogP) is 19.8. The molecule has 4 aliphatic heterocycles. The third kappa shape index (κ3) is 120. The molecule has 0 aromatic carbocycles. The van der Waals surface area contributed by atoms with E-state index in [1.54, 1.807) is 79.0 Å². The number of sulfone groups is 1. The van der Waals surface area contributed by atoms with E-state index in [1.807, 2.05) is 176 Å². The van der Waals surface area contributed by atoms with Crippen LogP contribution in [-0.2, 0) is 24.0 Å². The van der Waals surface area contributed by atoms with E-state index in [0.717, 1.165) is 36.8 Å². The van der Waals surface area contributed by atoms with Crippen LogP contribution in [0.3, 0.4) is 0 Å². The topological polar surface area (TPSA) is 229 Å². The van der Waals surface area contributed by atoms with E-state index < -0.39 is 15.6 Å². The summed E-state index contributed by atoms with van der Waals surface area (Å²) in [6.07, 6.45) is 48.8. The fourth-order valence-corrected chi connectivity index (χ4v) is 4.42. The van der Waals surface area contributed by atoms with Crippen molar-refractivity contribution in [2.24, 2.45) is 10.2 Å². The first-order valence-electron chi connectivity index (χ1n) is 28.4. The highest BCUT2D eigenvalue weighted by atomic mass is 32.2. The van der Waals surface area contributed by atoms with Gasteiger partial charge in [-0.1, -0.05) is 189 Å². The molecule has 0 unspecified atom stereocenters. The lowest BCUT2D eigenvalue weighted by Gasteiger charge is -1.82. The number of azo groups is 1. The summed E-state index contributed by atoms with van der Waals surface area (Å²) in [5, 5.41) is 17.6. The summed E-state index contributed by atoms with van der Waals surface area (Å²) in [6.45, 7) is 46.1. The van der Waals surface area contributed by atoms with Gasteiger partial charge in [-0.2, -0.15) is 24.1 Å². The number of H-pyrrole nitrogens is 3. The van der Waals surface area contributed by atoms with E-state index in [4.69, 9.17) is 4.74 Å². The molecule has 464 valence electrons. The Morgan fingerprint density at radius 3 is 1.26 bits per heavy atom. The molecule has 5 aromatic rings. The van der Waals surface area contributed by atoms with Crippen LogP contribution in [-0.4, -0.2) is 67.2 Å². The van der Waals surface area contributed by atoms with Crippen LogP contribution >= 0.6 is 23.1 Å². The summed E-state index contributed by atoms with van der Waals surface area (Å²) in [5.41, 5.74) is 1.79. The number of oxazole rings is 1. The second-order valence-electron chi connectivity index (χ2n) is 9.96. The average molecular weight is 1180 g/mol. The summed E-state index contributed by atoms with van der Waals surface area (Å²) in [4.78, 5) is 22.3. The second kappa shape index (κ2) is 120. The summed E-state index contributed by atoms with van der Waals surface area (Å²) < 4.78 is 45.9. The first-order valence-corrected chi connectivity index (χ1v) is 31.6. The van der Waals surface area contributed by atoms with Gasteiger partial charge in [0, 0.05) is 66.0 Å². The lowest BCUT2D eigenvalue weighted by Crippen LogP contribution is -1.91. The fourth-order valence-electron chi connectivity index (χ4n) is 3.08. The number of nitrogens with one attached hydrogen (secondary N) is 3. The second-order valence-corrected chi connectivity index (χ2v) is 13.0. The number of ether oxygens (including phenoxy) is 3. The number of allylic oxidation sites excluding steroid dienone is 8. The van der Waals surface area contributed by atoms with Crippen molar-refractivity contribution in [1.82, 2.24) is 38.9 Å². The van der Waals surface area contributed by atoms with Crippen molar-refractivity contribution in [3.63, 3.8) is 0 Å². The maximum absolute atomic E-state index is 10.3. The molecule has 0 fully saturated rings. The van der Waals surface area contributed by atoms with Crippen molar-refractivity contribution >= 4 is 32.9 Å². The lowest BCUT2D eigenvalue weighted by molar-refractivity contribution is 0.0920. The number of aromatic amines is 3. The van der Waals surface area contributed by atoms with Crippen LogP contribution in [0.15, 0.2) is 195 Å². The minimum absolute atomic E-state index is 0.389. The third-order valence-electron chi connectivity index (χ3n) is 5.52. The number of imidazole rings is 1. The van der Waals surface area contributed by atoms with Gasteiger partial charge in [0.25, 0.3) is 0 Å². The summed E-state index contributed by atoms with van der Waals surface area (Å²) >= 11 is 2.81. The molecule has 0 amide bonds. The molecule has 9 heterocycles. The highest BCUT2D eigenvalue weighted by molar-refractivity contribution is 7.97. The molecule has 0 radical (unpaired) electrons. The maximum Gasteiger partial charge on any atom is 0.416 e. The van der Waals surface area contributed by atoms with Gasteiger partial charge in [0.2, 0.25) is 6.79 Å². The number of hydrogen-bond acceptors (Lipinski definition) is 16. The molecule has 3 N–H and O–H groups in total. The van der Waals surface area contributed by atoms with Crippen molar-refractivity contribution in [2.75, 3.05) is 19.9 Å². The highest BCUT2D eigenvalue weighted by Crippen LogP contribution is 2.05. The van der Waals surface area contributed by atoms with E-state index in [9.17, 15) is 13.2 Å². The summed E-state index contributed by atoms with van der Waals surface area (Å²) in [5.74, 6) is -0.407. The zero-order valence-electron chi connectivity index (χ0n) is 53.6. The Hall–Kier alpha value is -6.51. The Morgan fingerprint density at radius 2 is 1.12 bits per heavy atom. The van der Waals surface area contributed by atoms with Gasteiger partial charge in [-0.05, 0) is 56.1 Å². The van der Waals surface area contributed by atoms with Gasteiger partial charge in [0.15, 0.2) is 9.84 Å². The van der Waals surface area contributed by atoms with Crippen LogP contribution in [0.4, 0.5) is 0 Å². The first kappa shape index (κ1) is 98.9. The number of hydrogen-bond donors (Lipinski definition) is 3. The Morgan fingerprint density at radius 1 is 0.562 bits per heavy atom. The fraction of sp³-hybridized carbons (Fsp3) is 0.500. The molecule has 17 nitrogen and oxygen atoms in total. The van der Waals surface area contributed by atoms with Gasteiger partial charge in [0.1, 0.15) is 18.8 Å². The van der Waals surface area contributed by atoms with Crippen LogP contribution in [0.5, 0.6) is 0 Å². The molecule has 6 aliphatic rings. The smallest absolute Gasteiger partial charge is 0.416 e. The molecule has 2 aliphatic carbocycles. The molecule has 5 aromatic heterocycles. The monoisotopic (exact) mass is 1180 g/mol. The van der Waals surface area contributed by atoms with E-state index >= 15 is 0 Å². The number of aromatic nitrogens is 8. The molecule has 0 bridgehead atoms. The minimum atomic E-state index is -2.91. The van der Waals surface area contributed by atoms with Crippen LogP contribution in [0.25, 0.3) is 0 Å². The molecule has 80 heavy (non-hydrogen) atoms. The number of rotatable bonds is 0. The number of nitrogens with zero attached hydrogens (tertiary/aromatic N) is 7. The van der Waals surface area contributed by atoms with Crippen LogP contribution in [0.1, 0.15) is 184 Å². The van der Waals surface area contributed by atoms with E-state index in [2.05, 4.69) is 99.5 Å². The zero-order chi connectivity index (χ0) is 63.6. The SMILES string of the molecule is C1=CCC=C1.C1=CCCC1.C1=CN=NC1.C1=COCC1.C1=COCO1.CC.CC.CC.CC.CC.CC.CC.CC.CC.CC.CC.O=S1(=O)C=CC=C1.O=c1[nH]cco1.c1c[nH]cn1.c1cn[nH]c1.c1cnsn1.c1cscn1. The molecule has 11 rings (SSSR count). The van der Waals surface area contributed by atoms with E-state index in [-0.39, 0.29) is 0 Å². The zero-order valence-corrected chi connectivity index (χ0v) is 56.1. The quantitative estimate of drug-likeness (QED) is 0.123. The van der Waals surface area contributed by atoms with E-state index in [1.165, 1.54) is 68.1 Å². The molecule has 0 atom stereocenters. The van der Waals surface area contributed by atoms with Crippen molar-refractivity contribution in [3.8, 4) is 0 Å². The standard InChI is InChI=1S/C5H8.C5H6.C4H4O2S.C4H6O.3C3H4N2.C3H3NO2.C3H3NS.C3H4O2.C2H2N2S.11C2H6/c2*1-2-4-5-3-1;5-7(6)3-1-2-4-7;1-2-4-5-3-1;1-2-5-3-4-1;2*1-2-4-5-3-1;5-3-4-1-2-6-3;2*1-2-5-3-4-1;1-2-4-5-3-1;11*1-2/h1-2H,3-5H2;1-4H,5H2;1-4H;1,3H,2,4H2;1-3H,(H,4,5);1-2H,3H2;1-3H,(H,4,5);1-2H,(H,4,5);1-3H;1-2H,3H2;1-2H;11*1-2H3. The summed E-state index contributed by atoms with van der Waals surface area (Å²) in [7, 11) is -2.91. The Kier molecular flexibility index (Phi) is 149. The van der Waals surface area contributed by atoms with Crippen molar-refractivity contribution in [1.29, 1.82) is 0 Å². The van der Waals surface area contributed by atoms with Gasteiger partial charge in [0.05, 0.1) is 55.4 Å². The minimum Gasteiger partial charge on any atom is -0.501 e. The normalized spacial score (nSPS) is 11.3. The first-order chi connectivity index (χ1) is 39.6. The Labute approximate surface area is 497 Å². The van der Waals surface area contributed by atoms with Gasteiger partial charge in [-0.3, -0.25) is 15.1 Å². The van der Waals surface area contributed by atoms with Crippen LogP contribution in [0.2, 0.25) is 0 Å². The molecular formula is C60H114N10O7S3. The molecule has 0 spiro atoms. The maximum atomic E-state index is 10.3. The van der Waals surface area contributed by atoms with Gasteiger partial charge in [-0.15, -0.1) is 11.3 Å². The van der Waals surface area contributed by atoms with Crippen LogP contribution in [0, 0.1) is 0 Å². The van der Waals surface area contributed by atoms with Crippen molar-refractivity contribution in [2.45, 2.75) is 184 Å². The van der Waals surface area contributed by atoms with Gasteiger partial charge >= 0.3 is 5.76 Å². The molecule has 0 saturated heterocycles. The van der Waals surface area contributed by atoms with Crippen molar-refractivity contribution in [3.05, 3.63) is 186 Å². The van der Waals surface area contributed by atoms with E-state index in [0.29, 0.717) is 6.79 Å².